The molecule has 0 heterocycles. The van der Waals surface area contributed by atoms with Gasteiger partial charge in [0, 0.05) is 25.2 Å². The van der Waals surface area contributed by atoms with E-state index in [4.69, 9.17) is 4.74 Å². The summed E-state index contributed by atoms with van der Waals surface area (Å²) in [5, 5.41) is 6.45. The molecule has 0 aliphatic rings. The second-order valence-corrected chi connectivity index (χ2v) is 6.25. The number of nitrogens with one attached hydrogen (secondary N) is 2. The van der Waals surface area contributed by atoms with Gasteiger partial charge in [0.1, 0.15) is 5.75 Å². The first-order valence-electron chi connectivity index (χ1n) is 9.42. The molecule has 1 amide bonds. The summed E-state index contributed by atoms with van der Waals surface area (Å²) >= 11 is 0. The molecule has 0 aliphatic carbocycles. The lowest BCUT2D eigenvalue weighted by molar-refractivity contribution is -0.120. The third-order valence-corrected chi connectivity index (χ3v) is 4.56. The summed E-state index contributed by atoms with van der Waals surface area (Å²) in [6.45, 7) is 5.57. The molecule has 2 aromatic carbocycles. The molecule has 26 heavy (non-hydrogen) atoms. The van der Waals surface area contributed by atoms with Crippen LogP contribution in [0.4, 0.5) is 5.69 Å². The molecular weight excluding hydrogens is 324 g/mol. The SMILES string of the molecule is CCc1cccc(CC)c1NCCC(=O)NCCc1ccccc1OC. The van der Waals surface area contributed by atoms with E-state index >= 15 is 0 Å². The van der Waals surface area contributed by atoms with E-state index in [1.165, 1.54) is 16.8 Å². The van der Waals surface area contributed by atoms with Crippen LogP contribution in [0.15, 0.2) is 42.5 Å². The highest BCUT2D eigenvalue weighted by atomic mass is 16.5. The highest BCUT2D eigenvalue weighted by Crippen LogP contribution is 2.22. The number of carbonyl (C=O) groups is 1. The minimum atomic E-state index is 0.0689. The van der Waals surface area contributed by atoms with Crippen LogP contribution in [0.5, 0.6) is 5.75 Å². The molecule has 2 aromatic rings. The van der Waals surface area contributed by atoms with Crippen molar-refractivity contribution in [1.29, 1.82) is 0 Å². The molecule has 2 rings (SSSR count). The number of carbonyl (C=O) groups excluding carboxylic acids is 1. The van der Waals surface area contributed by atoms with Crippen molar-refractivity contribution in [2.75, 3.05) is 25.5 Å². The topological polar surface area (TPSA) is 50.4 Å². The van der Waals surface area contributed by atoms with Crippen molar-refractivity contribution in [2.24, 2.45) is 0 Å². The van der Waals surface area contributed by atoms with Crippen LogP contribution in [-0.4, -0.2) is 26.1 Å². The first-order valence-corrected chi connectivity index (χ1v) is 9.42. The first-order chi connectivity index (χ1) is 12.7. The Morgan fingerprint density at radius 1 is 0.923 bits per heavy atom. The lowest BCUT2D eigenvalue weighted by Gasteiger charge is -2.15. The average Bonchev–Trinajstić information content (AvgIpc) is 2.68. The maximum Gasteiger partial charge on any atom is 0.221 e. The number of methoxy groups -OCH3 is 1. The Labute approximate surface area is 157 Å². The van der Waals surface area contributed by atoms with Crippen LogP contribution in [0.1, 0.15) is 37.0 Å². The van der Waals surface area contributed by atoms with Crippen LogP contribution >= 0.6 is 0 Å². The largest absolute Gasteiger partial charge is 0.496 e. The summed E-state index contributed by atoms with van der Waals surface area (Å²) in [5.41, 5.74) is 4.92. The summed E-state index contributed by atoms with van der Waals surface area (Å²) in [4.78, 5) is 12.1. The zero-order valence-corrected chi connectivity index (χ0v) is 16.1. The Hall–Kier alpha value is -2.49. The zero-order chi connectivity index (χ0) is 18.8. The Bertz CT molecular complexity index is 691. The first kappa shape index (κ1) is 19.8. The van der Waals surface area contributed by atoms with Gasteiger partial charge in [0.2, 0.25) is 5.91 Å². The van der Waals surface area contributed by atoms with Gasteiger partial charge in [-0.15, -0.1) is 0 Å². The quantitative estimate of drug-likeness (QED) is 0.678. The van der Waals surface area contributed by atoms with Crippen molar-refractivity contribution in [3.05, 3.63) is 59.2 Å². The molecule has 0 atom stereocenters. The second kappa shape index (κ2) is 10.5. The van der Waals surface area contributed by atoms with Gasteiger partial charge in [-0.05, 0) is 42.0 Å². The number of rotatable bonds is 10. The summed E-state index contributed by atoms with van der Waals surface area (Å²) in [7, 11) is 1.67. The summed E-state index contributed by atoms with van der Waals surface area (Å²) < 4.78 is 5.34. The predicted molar refractivity (Wildman–Crippen MR) is 108 cm³/mol. The van der Waals surface area contributed by atoms with E-state index in [0.29, 0.717) is 19.5 Å². The fourth-order valence-electron chi connectivity index (χ4n) is 3.11. The van der Waals surface area contributed by atoms with E-state index < -0.39 is 0 Å². The van der Waals surface area contributed by atoms with Crippen LogP contribution < -0.4 is 15.4 Å². The predicted octanol–water partition coefficient (Wildman–Crippen LogP) is 3.98. The molecule has 4 heteroatoms. The Morgan fingerprint density at radius 3 is 2.23 bits per heavy atom. The van der Waals surface area contributed by atoms with Crippen LogP contribution in [0.25, 0.3) is 0 Å². The van der Waals surface area contributed by atoms with Crippen LogP contribution in [-0.2, 0) is 24.1 Å². The van der Waals surface area contributed by atoms with Gasteiger partial charge in [0.15, 0.2) is 0 Å². The second-order valence-electron chi connectivity index (χ2n) is 6.25. The molecule has 0 saturated carbocycles. The third-order valence-electron chi connectivity index (χ3n) is 4.56. The van der Waals surface area contributed by atoms with E-state index in [1.54, 1.807) is 7.11 Å². The van der Waals surface area contributed by atoms with Gasteiger partial charge < -0.3 is 15.4 Å². The number of benzene rings is 2. The lowest BCUT2D eigenvalue weighted by Crippen LogP contribution is -2.27. The van der Waals surface area contributed by atoms with E-state index in [-0.39, 0.29) is 5.91 Å². The number of anilines is 1. The molecule has 0 radical (unpaired) electrons. The van der Waals surface area contributed by atoms with E-state index in [1.807, 2.05) is 24.3 Å². The van der Waals surface area contributed by atoms with E-state index in [9.17, 15) is 4.79 Å². The summed E-state index contributed by atoms with van der Waals surface area (Å²) in [5.74, 6) is 0.936. The maximum absolute atomic E-state index is 12.1. The Morgan fingerprint density at radius 2 is 1.58 bits per heavy atom. The molecule has 0 spiro atoms. The number of hydrogen-bond donors (Lipinski definition) is 2. The van der Waals surface area contributed by atoms with E-state index in [2.05, 4.69) is 42.7 Å². The summed E-state index contributed by atoms with van der Waals surface area (Å²) in [6, 6.07) is 14.3. The van der Waals surface area contributed by atoms with Crippen molar-refractivity contribution in [2.45, 2.75) is 39.5 Å². The molecule has 0 aromatic heterocycles. The number of hydrogen-bond acceptors (Lipinski definition) is 3. The summed E-state index contributed by atoms with van der Waals surface area (Å²) in [6.07, 6.45) is 3.21. The fourth-order valence-corrected chi connectivity index (χ4v) is 3.11. The minimum absolute atomic E-state index is 0.0689. The van der Waals surface area contributed by atoms with Gasteiger partial charge in [0.05, 0.1) is 7.11 Å². The van der Waals surface area contributed by atoms with Crippen molar-refractivity contribution in [3.8, 4) is 5.75 Å². The van der Waals surface area contributed by atoms with Gasteiger partial charge in [-0.3, -0.25) is 4.79 Å². The van der Waals surface area contributed by atoms with Crippen molar-refractivity contribution in [3.63, 3.8) is 0 Å². The molecule has 0 fully saturated rings. The molecule has 2 N–H and O–H groups in total. The lowest BCUT2D eigenvalue weighted by atomic mass is 10.0. The van der Waals surface area contributed by atoms with Gasteiger partial charge >= 0.3 is 0 Å². The molecule has 0 bridgehead atoms. The molecular formula is C22H30N2O2. The fraction of sp³-hybridized carbons (Fsp3) is 0.409. The Kier molecular flexibility index (Phi) is 8.00. The number of ether oxygens (including phenoxy) is 1. The van der Waals surface area contributed by atoms with Gasteiger partial charge in [-0.25, -0.2) is 0 Å². The number of para-hydroxylation sites is 2. The van der Waals surface area contributed by atoms with Gasteiger partial charge in [-0.2, -0.15) is 0 Å². The highest BCUT2D eigenvalue weighted by Gasteiger charge is 2.07. The standard InChI is InChI=1S/C22H30N2O2/c1-4-17-10-8-11-18(5-2)22(17)24-16-14-21(25)23-15-13-19-9-6-7-12-20(19)26-3/h6-12,24H,4-5,13-16H2,1-3H3,(H,23,25). The van der Waals surface area contributed by atoms with Crippen molar-refractivity contribution < 1.29 is 9.53 Å². The highest BCUT2D eigenvalue weighted by molar-refractivity contribution is 5.76. The zero-order valence-electron chi connectivity index (χ0n) is 16.1. The smallest absolute Gasteiger partial charge is 0.221 e. The van der Waals surface area contributed by atoms with Crippen molar-refractivity contribution in [1.82, 2.24) is 5.32 Å². The molecule has 0 saturated heterocycles. The third kappa shape index (κ3) is 5.51. The van der Waals surface area contributed by atoms with Gasteiger partial charge in [-0.1, -0.05) is 50.2 Å². The monoisotopic (exact) mass is 354 g/mol. The average molecular weight is 354 g/mol. The minimum Gasteiger partial charge on any atom is -0.496 e. The molecule has 0 aliphatic heterocycles. The van der Waals surface area contributed by atoms with Crippen LogP contribution in [0.3, 0.4) is 0 Å². The van der Waals surface area contributed by atoms with E-state index in [0.717, 1.165) is 30.6 Å². The molecule has 4 nitrogen and oxygen atoms in total. The molecule has 140 valence electrons. The van der Waals surface area contributed by atoms with Crippen LogP contribution in [0, 0.1) is 0 Å². The van der Waals surface area contributed by atoms with Crippen molar-refractivity contribution >= 4 is 11.6 Å². The Balaban J connectivity index is 1.78. The normalized spacial score (nSPS) is 10.4. The number of amides is 1. The van der Waals surface area contributed by atoms with Gasteiger partial charge in [0.25, 0.3) is 0 Å². The van der Waals surface area contributed by atoms with Crippen LogP contribution in [0.2, 0.25) is 0 Å². The number of aryl methyl sites for hydroxylation is 2. The molecule has 0 unspecified atom stereocenters. The maximum atomic E-state index is 12.1.